The van der Waals surface area contributed by atoms with E-state index in [0.29, 0.717) is 12.2 Å². The largest absolute Gasteiger partial charge is 0.355 e. The number of halogens is 1. The molecule has 2 rings (SSSR count). The lowest BCUT2D eigenvalue weighted by atomic mass is 10.2. The zero-order valence-corrected chi connectivity index (χ0v) is 15.6. The van der Waals surface area contributed by atoms with E-state index >= 15 is 0 Å². The summed E-state index contributed by atoms with van der Waals surface area (Å²) in [4.78, 5) is 28.5. The van der Waals surface area contributed by atoms with Crippen molar-refractivity contribution in [3.63, 3.8) is 0 Å². The van der Waals surface area contributed by atoms with E-state index in [0.717, 1.165) is 45.6 Å². The topological polar surface area (TPSA) is 64.7 Å². The number of hydrogen-bond acceptors (Lipinski definition) is 4. The van der Waals surface area contributed by atoms with Gasteiger partial charge in [0.2, 0.25) is 11.8 Å². The van der Waals surface area contributed by atoms with E-state index in [4.69, 9.17) is 0 Å². The van der Waals surface area contributed by atoms with Gasteiger partial charge in [-0.15, -0.1) is 0 Å². The van der Waals surface area contributed by atoms with Crippen LogP contribution in [0.1, 0.15) is 26.7 Å². The van der Waals surface area contributed by atoms with Crippen molar-refractivity contribution in [2.45, 2.75) is 32.7 Å². The van der Waals surface area contributed by atoms with Gasteiger partial charge in [0.15, 0.2) is 0 Å². The van der Waals surface area contributed by atoms with Gasteiger partial charge in [0.25, 0.3) is 0 Å². The van der Waals surface area contributed by atoms with Crippen LogP contribution in [0.25, 0.3) is 0 Å². The number of nitrogens with zero attached hydrogens (tertiary/aromatic N) is 2. The number of nitrogens with one attached hydrogen (secondary N) is 2. The summed E-state index contributed by atoms with van der Waals surface area (Å²) in [5, 5.41) is 5.74. The minimum absolute atomic E-state index is 0.0639. The van der Waals surface area contributed by atoms with Crippen LogP contribution in [0.4, 0.5) is 10.1 Å². The van der Waals surface area contributed by atoms with E-state index in [9.17, 15) is 14.0 Å². The Bertz CT molecular complexity index is 586. The van der Waals surface area contributed by atoms with Crippen LogP contribution in [-0.4, -0.2) is 66.9 Å². The molecule has 0 aliphatic carbocycles. The van der Waals surface area contributed by atoms with Gasteiger partial charge in [0.05, 0.1) is 12.6 Å². The maximum Gasteiger partial charge on any atom is 0.241 e. The van der Waals surface area contributed by atoms with Gasteiger partial charge in [0, 0.05) is 38.4 Å². The molecule has 0 spiro atoms. The summed E-state index contributed by atoms with van der Waals surface area (Å²) in [5.74, 6) is -0.373. The molecule has 0 unspecified atom stereocenters. The second kappa shape index (κ2) is 10.2. The second-order valence-electron chi connectivity index (χ2n) is 6.69. The first kappa shape index (κ1) is 20.3. The highest BCUT2D eigenvalue weighted by Gasteiger charge is 2.26. The molecule has 0 aromatic heterocycles. The number of piperazine rings is 1. The molecular formula is C19H29FN4O2. The van der Waals surface area contributed by atoms with Crippen LogP contribution in [0.15, 0.2) is 24.3 Å². The average molecular weight is 364 g/mol. The number of hydrogen-bond donors (Lipinski definition) is 2. The van der Waals surface area contributed by atoms with Crippen LogP contribution in [0, 0.1) is 5.82 Å². The average Bonchev–Trinajstić information content (AvgIpc) is 2.64. The number of unbranched alkanes of at least 4 members (excludes halogenated alkanes) is 1. The van der Waals surface area contributed by atoms with Crippen molar-refractivity contribution in [3.8, 4) is 0 Å². The van der Waals surface area contributed by atoms with E-state index in [-0.39, 0.29) is 23.7 Å². The number of rotatable bonds is 8. The number of amides is 2. The van der Waals surface area contributed by atoms with Gasteiger partial charge in [0.1, 0.15) is 5.82 Å². The van der Waals surface area contributed by atoms with Gasteiger partial charge >= 0.3 is 0 Å². The van der Waals surface area contributed by atoms with Crippen LogP contribution in [0.2, 0.25) is 0 Å². The van der Waals surface area contributed by atoms with Crippen molar-refractivity contribution < 1.29 is 14.0 Å². The Kier molecular flexibility index (Phi) is 8.00. The Morgan fingerprint density at radius 2 is 1.81 bits per heavy atom. The van der Waals surface area contributed by atoms with Crippen LogP contribution in [-0.2, 0) is 9.59 Å². The summed E-state index contributed by atoms with van der Waals surface area (Å²) in [7, 11) is 0. The highest BCUT2D eigenvalue weighted by Crippen LogP contribution is 2.12. The van der Waals surface area contributed by atoms with Crippen LogP contribution in [0.3, 0.4) is 0 Å². The molecule has 1 aliphatic heterocycles. The fraction of sp³-hybridized carbons (Fsp3) is 0.579. The van der Waals surface area contributed by atoms with Crippen LogP contribution in [0.5, 0.6) is 0 Å². The maximum absolute atomic E-state index is 12.9. The molecule has 26 heavy (non-hydrogen) atoms. The monoisotopic (exact) mass is 364 g/mol. The predicted octanol–water partition coefficient (Wildman–Crippen LogP) is 1.69. The molecule has 1 fully saturated rings. The standard InChI is InChI=1S/C19H29FN4O2/c1-3-4-9-21-18(25)14-23-10-12-24(13-11-23)15(2)19(26)22-17-7-5-16(20)6-8-17/h5-8,15H,3-4,9-14H2,1-2H3,(H,21,25)(H,22,26)/t15-/m1/s1. The van der Waals surface area contributed by atoms with Crippen molar-refractivity contribution in [1.29, 1.82) is 0 Å². The summed E-state index contributed by atoms with van der Waals surface area (Å²) in [6.45, 7) is 8.10. The van der Waals surface area contributed by atoms with Crippen LogP contribution >= 0.6 is 0 Å². The number of carbonyl (C=O) groups is 2. The van der Waals surface area contributed by atoms with Gasteiger partial charge in [-0.25, -0.2) is 4.39 Å². The molecule has 0 radical (unpaired) electrons. The van der Waals surface area contributed by atoms with Crippen molar-refractivity contribution in [3.05, 3.63) is 30.1 Å². The van der Waals surface area contributed by atoms with E-state index in [1.54, 1.807) is 12.1 Å². The van der Waals surface area contributed by atoms with Crippen molar-refractivity contribution in [1.82, 2.24) is 15.1 Å². The van der Waals surface area contributed by atoms with Crippen molar-refractivity contribution >= 4 is 17.5 Å². The van der Waals surface area contributed by atoms with Crippen LogP contribution < -0.4 is 10.6 Å². The number of anilines is 1. The third-order valence-electron chi connectivity index (χ3n) is 4.67. The lowest BCUT2D eigenvalue weighted by Crippen LogP contribution is -2.54. The summed E-state index contributed by atoms with van der Waals surface area (Å²) < 4.78 is 12.9. The number of carbonyl (C=O) groups excluding carboxylic acids is 2. The summed E-state index contributed by atoms with van der Waals surface area (Å²) in [5.41, 5.74) is 0.589. The zero-order valence-electron chi connectivity index (χ0n) is 15.6. The van der Waals surface area contributed by atoms with E-state index in [1.165, 1.54) is 12.1 Å². The van der Waals surface area contributed by atoms with Crippen molar-refractivity contribution in [2.75, 3.05) is 44.6 Å². The van der Waals surface area contributed by atoms with E-state index in [1.807, 2.05) is 6.92 Å². The van der Waals surface area contributed by atoms with Gasteiger partial charge in [-0.2, -0.15) is 0 Å². The lowest BCUT2D eigenvalue weighted by molar-refractivity contribution is -0.124. The SMILES string of the molecule is CCCCNC(=O)CN1CCN([C@H](C)C(=O)Nc2ccc(F)cc2)CC1. The highest BCUT2D eigenvalue weighted by atomic mass is 19.1. The molecular weight excluding hydrogens is 335 g/mol. The molecule has 1 heterocycles. The quantitative estimate of drug-likeness (QED) is 0.689. The molecule has 144 valence electrons. The van der Waals surface area contributed by atoms with Gasteiger partial charge in [-0.1, -0.05) is 13.3 Å². The molecule has 6 nitrogen and oxygen atoms in total. The number of benzene rings is 1. The van der Waals surface area contributed by atoms with Gasteiger partial charge in [-0.05, 0) is 37.6 Å². The third kappa shape index (κ3) is 6.38. The van der Waals surface area contributed by atoms with E-state index < -0.39 is 0 Å². The fourth-order valence-corrected chi connectivity index (χ4v) is 2.92. The first-order chi connectivity index (χ1) is 12.5. The molecule has 2 amide bonds. The Morgan fingerprint density at radius 1 is 1.15 bits per heavy atom. The third-order valence-corrected chi connectivity index (χ3v) is 4.67. The Balaban J connectivity index is 1.73. The molecule has 1 aromatic rings. The minimum Gasteiger partial charge on any atom is -0.355 e. The normalized spacial score (nSPS) is 16.9. The smallest absolute Gasteiger partial charge is 0.241 e. The maximum atomic E-state index is 12.9. The zero-order chi connectivity index (χ0) is 18.9. The van der Waals surface area contributed by atoms with Crippen molar-refractivity contribution in [2.24, 2.45) is 0 Å². The molecule has 0 bridgehead atoms. The molecule has 0 saturated carbocycles. The fourth-order valence-electron chi connectivity index (χ4n) is 2.92. The first-order valence-corrected chi connectivity index (χ1v) is 9.29. The molecule has 1 aliphatic rings. The first-order valence-electron chi connectivity index (χ1n) is 9.29. The summed E-state index contributed by atoms with van der Waals surface area (Å²) in [6, 6.07) is 5.47. The molecule has 1 saturated heterocycles. The van der Waals surface area contributed by atoms with E-state index in [2.05, 4.69) is 27.4 Å². The highest BCUT2D eigenvalue weighted by molar-refractivity contribution is 5.94. The lowest BCUT2D eigenvalue weighted by Gasteiger charge is -2.37. The Morgan fingerprint density at radius 3 is 2.42 bits per heavy atom. The molecule has 7 heteroatoms. The Labute approximate surface area is 154 Å². The predicted molar refractivity (Wildman–Crippen MR) is 100 cm³/mol. The second-order valence-corrected chi connectivity index (χ2v) is 6.69. The van der Waals surface area contributed by atoms with Gasteiger partial charge in [-0.3, -0.25) is 19.4 Å². The minimum atomic E-state index is -0.328. The summed E-state index contributed by atoms with van der Waals surface area (Å²) >= 11 is 0. The van der Waals surface area contributed by atoms with Gasteiger partial charge < -0.3 is 10.6 Å². The molecule has 2 N–H and O–H groups in total. The Hall–Kier alpha value is -1.99. The molecule has 1 atom stereocenters. The summed E-state index contributed by atoms with van der Waals surface area (Å²) in [6.07, 6.45) is 2.07. The molecule has 1 aromatic carbocycles.